The lowest BCUT2D eigenvalue weighted by molar-refractivity contribution is -0.131. The Morgan fingerprint density at radius 1 is 1.41 bits per heavy atom. The lowest BCUT2D eigenvalue weighted by Gasteiger charge is -2.41. The minimum atomic E-state index is -2.68. The molecule has 0 aliphatic carbocycles. The standard InChI is InChI=1S/C17H16F3N3O5S/c1-27-16-11(5-10(18)14(19)15(16)20)28-9-2-3-22-13(4-9)29(23-7-24)8-21-6-12(29)17(25)26/h5-6,8-9,13,22H,2-4H2,1H3,(H,25,26). The zero-order valence-corrected chi connectivity index (χ0v) is 15.8. The number of halogens is 3. The molecule has 2 aliphatic heterocycles. The Labute approximate surface area is 164 Å². The molecule has 0 amide bonds. The highest BCUT2D eigenvalue weighted by Crippen LogP contribution is 2.61. The average molecular weight is 431 g/mol. The minimum Gasteiger partial charge on any atom is -0.490 e. The molecule has 2 aliphatic rings. The fraction of sp³-hybridized carbons (Fsp3) is 0.353. The molecule has 0 bridgehead atoms. The first-order valence-electron chi connectivity index (χ1n) is 8.33. The van der Waals surface area contributed by atoms with Gasteiger partial charge in [0, 0.05) is 18.7 Å². The first-order chi connectivity index (χ1) is 13.8. The van der Waals surface area contributed by atoms with Crippen molar-refractivity contribution in [2.75, 3.05) is 13.7 Å². The van der Waals surface area contributed by atoms with Gasteiger partial charge in [-0.1, -0.05) is 0 Å². The normalized spacial score (nSPS) is 28.1. The van der Waals surface area contributed by atoms with Crippen LogP contribution in [0.3, 0.4) is 0 Å². The summed E-state index contributed by atoms with van der Waals surface area (Å²) in [5.74, 6) is -6.81. The third-order valence-corrected chi connectivity index (χ3v) is 7.53. The Morgan fingerprint density at radius 3 is 2.83 bits per heavy atom. The van der Waals surface area contributed by atoms with Gasteiger partial charge in [0.25, 0.3) is 0 Å². The summed E-state index contributed by atoms with van der Waals surface area (Å²) in [5.41, 5.74) is 1.30. The van der Waals surface area contributed by atoms with Crippen LogP contribution in [0.4, 0.5) is 13.2 Å². The van der Waals surface area contributed by atoms with Gasteiger partial charge < -0.3 is 19.9 Å². The predicted molar refractivity (Wildman–Crippen MR) is 98.2 cm³/mol. The number of carbonyl (C=O) groups excluding carboxylic acids is 1. The number of rotatable bonds is 6. The molecule has 3 rings (SSSR count). The Morgan fingerprint density at radius 2 is 2.17 bits per heavy atom. The van der Waals surface area contributed by atoms with Gasteiger partial charge in [-0.15, -0.1) is 4.40 Å². The second-order valence-corrected chi connectivity index (χ2v) is 8.88. The second kappa shape index (κ2) is 8.27. The molecule has 29 heavy (non-hydrogen) atoms. The number of aliphatic imine (C=N–C) groups is 1. The van der Waals surface area contributed by atoms with Crippen molar-refractivity contribution in [2.45, 2.75) is 24.3 Å². The summed E-state index contributed by atoms with van der Waals surface area (Å²) in [4.78, 5) is 26.3. The van der Waals surface area contributed by atoms with Crippen LogP contribution in [0, 0.1) is 17.5 Å². The number of piperidine rings is 1. The van der Waals surface area contributed by atoms with Gasteiger partial charge >= 0.3 is 5.97 Å². The molecule has 1 fully saturated rings. The van der Waals surface area contributed by atoms with Crippen molar-refractivity contribution in [2.24, 2.45) is 9.39 Å². The van der Waals surface area contributed by atoms with Gasteiger partial charge in [0.05, 0.1) is 18.0 Å². The highest BCUT2D eigenvalue weighted by molar-refractivity contribution is 8.47. The van der Waals surface area contributed by atoms with Crippen LogP contribution in [0.25, 0.3) is 0 Å². The molecule has 8 nitrogen and oxygen atoms in total. The molecule has 1 saturated heterocycles. The van der Waals surface area contributed by atoms with Crippen LogP contribution >= 0.6 is 10.2 Å². The molecule has 1 aromatic carbocycles. The van der Waals surface area contributed by atoms with Crippen molar-refractivity contribution in [3.8, 4) is 11.5 Å². The number of nitrogens with zero attached hydrogens (tertiary/aromatic N) is 2. The first kappa shape index (κ1) is 20.9. The minimum absolute atomic E-state index is 0.140. The number of aliphatic carboxylic acids is 1. The van der Waals surface area contributed by atoms with Crippen molar-refractivity contribution >= 4 is 27.8 Å². The van der Waals surface area contributed by atoms with E-state index in [1.165, 1.54) is 11.6 Å². The maximum atomic E-state index is 13.9. The van der Waals surface area contributed by atoms with Crippen LogP contribution in [-0.4, -0.2) is 47.8 Å². The number of hydrogen-bond donors (Lipinski definition) is 2. The number of carboxylic acids is 1. The van der Waals surface area contributed by atoms with Crippen LogP contribution < -0.4 is 14.8 Å². The van der Waals surface area contributed by atoms with Gasteiger partial charge in [-0.2, -0.15) is 4.39 Å². The number of isocyanates is 1. The van der Waals surface area contributed by atoms with Gasteiger partial charge in [-0.25, -0.2) is 18.4 Å². The molecule has 0 spiro atoms. The molecule has 156 valence electrons. The van der Waals surface area contributed by atoms with Crippen LogP contribution in [0.5, 0.6) is 11.5 Å². The maximum Gasteiger partial charge on any atom is 0.344 e. The summed E-state index contributed by atoms with van der Waals surface area (Å²) >= 11 is 0. The molecule has 0 radical (unpaired) electrons. The molecule has 12 heteroatoms. The van der Waals surface area contributed by atoms with Crippen molar-refractivity contribution in [1.29, 1.82) is 0 Å². The molecule has 0 aromatic heterocycles. The summed E-state index contributed by atoms with van der Waals surface area (Å²) in [6.07, 6.45) is 2.42. The van der Waals surface area contributed by atoms with Gasteiger partial charge in [0.2, 0.25) is 11.9 Å². The summed E-state index contributed by atoms with van der Waals surface area (Å²) in [5, 5.41) is 11.9. The maximum absolute atomic E-state index is 13.9. The van der Waals surface area contributed by atoms with E-state index in [9.17, 15) is 27.9 Å². The molecular weight excluding hydrogens is 415 g/mol. The van der Waals surface area contributed by atoms with Gasteiger partial charge in [-0.3, -0.25) is 4.99 Å². The Balaban J connectivity index is 1.89. The lowest BCUT2D eigenvalue weighted by Crippen LogP contribution is -2.45. The van der Waals surface area contributed by atoms with Crippen molar-refractivity contribution in [3.05, 3.63) is 34.6 Å². The lowest BCUT2D eigenvalue weighted by atomic mass is 10.1. The van der Waals surface area contributed by atoms with E-state index in [1.54, 1.807) is 0 Å². The smallest absolute Gasteiger partial charge is 0.344 e. The molecule has 2 heterocycles. The summed E-state index contributed by atoms with van der Waals surface area (Å²) in [7, 11) is -1.59. The number of hydrogen-bond acceptors (Lipinski definition) is 7. The number of carbonyl (C=O) groups is 1. The van der Waals surface area contributed by atoms with E-state index in [0.29, 0.717) is 19.0 Å². The molecular formula is C17H16F3N3O5S. The zero-order chi connectivity index (χ0) is 21.2. The molecule has 1 aromatic rings. The van der Waals surface area contributed by atoms with Gasteiger partial charge in [0.15, 0.2) is 23.1 Å². The monoisotopic (exact) mass is 431 g/mol. The van der Waals surface area contributed by atoms with E-state index < -0.39 is 50.9 Å². The fourth-order valence-electron chi connectivity index (χ4n) is 3.19. The molecule has 0 saturated carbocycles. The number of nitrogens with one attached hydrogen (secondary N) is 1. The Hall–Kier alpha value is -2.82. The largest absolute Gasteiger partial charge is 0.490 e. The first-order valence-corrected chi connectivity index (χ1v) is 10.0. The third-order valence-electron chi connectivity index (χ3n) is 4.49. The second-order valence-electron chi connectivity index (χ2n) is 6.13. The van der Waals surface area contributed by atoms with Crippen molar-refractivity contribution < 1.29 is 37.3 Å². The molecule has 2 N–H and O–H groups in total. The van der Waals surface area contributed by atoms with E-state index in [-0.39, 0.29) is 17.1 Å². The van der Waals surface area contributed by atoms with Crippen LogP contribution in [0.2, 0.25) is 0 Å². The fourth-order valence-corrected chi connectivity index (χ4v) is 5.79. The van der Waals surface area contributed by atoms with E-state index in [0.717, 1.165) is 13.3 Å². The van der Waals surface area contributed by atoms with E-state index in [2.05, 4.69) is 14.7 Å². The average Bonchev–Trinajstić information content (AvgIpc) is 3.12. The summed E-state index contributed by atoms with van der Waals surface area (Å²) < 4.78 is 55.2. The number of ether oxygens (including phenoxy) is 2. The zero-order valence-electron chi connectivity index (χ0n) is 15.0. The summed E-state index contributed by atoms with van der Waals surface area (Å²) in [6, 6.07) is 0.681. The molecule has 3 unspecified atom stereocenters. The van der Waals surface area contributed by atoms with E-state index >= 15 is 0 Å². The van der Waals surface area contributed by atoms with Crippen LogP contribution in [0.1, 0.15) is 12.8 Å². The van der Waals surface area contributed by atoms with Crippen LogP contribution in [-0.2, 0) is 9.59 Å². The Kier molecular flexibility index (Phi) is 5.96. The molecule has 3 atom stereocenters. The van der Waals surface area contributed by atoms with Gasteiger partial charge in [-0.05, 0) is 23.2 Å². The highest BCUT2D eigenvalue weighted by atomic mass is 32.3. The topological polar surface area (TPSA) is 110 Å². The van der Waals surface area contributed by atoms with E-state index in [1.807, 2.05) is 0 Å². The number of carboxylic acid groups (broad SMARTS) is 1. The number of benzene rings is 1. The summed E-state index contributed by atoms with van der Waals surface area (Å²) in [6.45, 7) is 0.341. The van der Waals surface area contributed by atoms with Crippen LogP contribution in [0.15, 0.2) is 26.6 Å². The van der Waals surface area contributed by atoms with E-state index in [4.69, 9.17) is 9.47 Å². The SMILES string of the molecule is COc1c(OC2CCNC(S3(N=C=O)C=NC=C3C(=O)O)C2)cc(F)c(F)c1F. The van der Waals surface area contributed by atoms with Gasteiger partial charge in [0.1, 0.15) is 11.0 Å². The quantitative estimate of drug-likeness (QED) is 0.407. The van der Waals surface area contributed by atoms with Crippen molar-refractivity contribution in [3.63, 3.8) is 0 Å². The highest BCUT2D eigenvalue weighted by Gasteiger charge is 2.44. The number of methoxy groups -OCH3 is 1. The third kappa shape index (κ3) is 3.74. The predicted octanol–water partition coefficient (Wildman–Crippen LogP) is 2.59. The Bertz CT molecular complexity index is 951. The van der Waals surface area contributed by atoms with Crippen molar-refractivity contribution in [1.82, 2.24) is 5.32 Å².